The SMILES string of the molecule is C1=CN(c2cccc(Oc3nc4ccccc4[nH]3)c2)N=C(c2ccnn2-c2ccccc2)C1. The molecule has 0 saturated heterocycles. The minimum atomic E-state index is 0.457. The van der Waals surface area contributed by atoms with E-state index < -0.39 is 0 Å². The Balaban J connectivity index is 1.28. The fourth-order valence-corrected chi connectivity index (χ4v) is 3.84. The molecule has 1 aliphatic rings. The monoisotopic (exact) mass is 432 g/mol. The van der Waals surface area contributed by atoms with E-state index in [0.717, 1.165) is 40.2 Å². The lowest BCUT2D eigenvalue weighted by Crippen LogP contribution is -2.19. The van der Waals surface area contributed by atoms with Crippen LogP contribution in [0.25, 0.3) is 16.7 Å². The van der Waals surface area contributed by atoms with Crippen molar-refractivity contribution in [2.75, 3.05) is 5.01 Å². The summed E-state index contributed by atoms with van der Waals surface area (Å²) in [6, 6.07) is 28.1. The Morgan fingerprint density at radius 3 is 2.61 bits per heavy atom. The fourth-order valence-electron chi connectivity index (χ4n) is 3.84. The molecule has 5 aromatic rings. The minimum Gasteiger partial charge on any atom is -0.426 e. The number of aromatic nitrogens is 4. The Bertz CT molecular complexity index is 1450. The minimum absolute atomic E-state index is 0.457. The molecule has 7 nitrogen and oxygen atoms in total. The number of nitrogens with one attached hydrogen (secondary N) is 1. The molecule has 1 aliphatic heterocycles. The molecule has 0 bridgehead atoms. The normalized spacial score (nSPS) is 13.3. The highest BCUT2D eigenvalue weighted by molar-refractivity contribution is 6.01. The summed E-state index contributed by atoms with van der Waals surface area (Å²) in [6.07, 6.45) is 6.59. The number of hydrogen-bond acceptors (Lipinski definition) is 5. The van der Waals surface area contributed by atoms with Gasteiger partial charge in [-0.1, -0.05) is 42.5 Å². The van der Waals surface area contributed by atoms with E-state index in [2.05, 4.69) is 21.1 Å². The number of benzene rings is 3. The van der Waals surface area contributed by atoms with Crippen LogP contribution in [0, 0.1) is 0 Å². The Hall–Kier alpha value is -4.65. The van der Waals surface area contributed by atoms with Crippen molar-refractivity contribution in [3.8, 4) is 17.4 Å². The molecule has 0 amide bonds. The van der Waals surface area contributed by atoms with Crippen LogP contribution in [0.5, 0.6) is 11.8 Å². The first-order chi connectivity index (χ1) is 16.3. The van der Waals surface area contributed by atoms with E-state index >= 15 is 0 Å². The highest BCUT2D eigenvalue weighted by Gasteiger charge is 2.16. The average Bonchev–Trinajstić information content (AvgIpc) is 3.52. The maximum absolute atomic E-state index is 5.99. The van der Waals surface area contributed by atoms with Gasteiger partial charge in [0.1, 0.15) is 5.75 Å². The van der Waals surface area contributed by atoms with Crippen LogP contribution >= 0.6 is 0 Å². The van der Waals surface area contributed by atoms with Crippen molar-refractivity contribution in [2.24, 2.45) is 5.10 Å². The van der Waals surface area contributed by atoms with Gasteiger partial charge in [0.15, 0.2) is 0 Å². The fraction of sp³-hybridized carbons (Fsp3) is 0.0385. The molecule has 7 heteroatoms. The average molecular weight is 432 g/mol. The lowest BCUT2D eigenvalue weighted by atomic mass is 10.1. The molecule has 0 unspecified atom stereocenters. The van der Waals surface area contributed by atoms with Crippen molar-refractivity contribution in [2.45, 2.75) is 6.42 Å². The quantitative estimate of drug-likeness (QED) is 0.388. The first-order valence-corrected chi connectivity index (χ1v) is 10.7. The Morgan fingerprint density at radius 2 is 1.70 bits per heavy atom. The number of imidazole rings is 1. The van der Waals surface area contributed by atoms with Crippen LogP contribution < -0.4 is 9.75 Å². The number of H-pyrrole nitrogens is 1. The van der Waals surface area contributed by atoms with Gasteiger partial charge < -0.3 is 9.72 Å². The van der Waals surface area contributed by atoms with E-state index in [0.29, 0.717) is 11.8 Å². The first-order valence-electron chi connectivity index (χ1n) is 10.7. The number of fused-ring (bicyclic) bond motifs is 1. The second-order valence-electron chi connectivity index (χ2n) is 7.60. The summed E-state index contributed by atoms with van der Waals surface area (Å²) in [7, 11) is 0. The number of nitrogens with zero attached hydrogens (tertiary/aromatic N) is 5. The maximum atomic E-state index is 5.99. The van der Waals surface area contributed by atoms with Crippen LogP contribution in [0.3, 0.4) is 0 Å². The molecule has 1 N–H and O–H groups in total. The lowest BCUT2D eigenvalue weighted by molar-refractivity contribution is 0.449. The van der Waals surface area contributed by atoms with Crippen LogP contribution in [-0.2, 0) is 0 Å². The first kappa shape index (κ1) is 19.1. The highest BCUT2D eigenvalue weighted by Crippen LogP contribution is 2.28. The van der Waals surface area contributed by atoms with Crippen molar-refractivity contribution in [1.82, 2.24) is 19.7 Å². The van der Waals surface area contributed by atoms with Crippen LogP contribution in [0.2, 0.25) is 0 Å². The van der Waals surface area contributed by atoms with E-state index in [1.54, 1.807) is 6.20 Å². The highest BCUT2D eigenvalue weighted by atomic mass is 16.5. The number of hydrogen-bond donors (Lipinski definition) is 1. The Kier molecular flexibility index (Phi) is 4.69. The van der Waals surface area contributed by atoms with Gasteiger partial charge in [0, 0.05) is 18.7 Å². The van der Waals surface area contributed by atoms with E-state index in [-0.39, 0.29) is 0 Å². The van der Waals surface area contributed by atoms with Crippen LogP contribution in [0.15, 0.2) is 109 Å². The van der Waals surface area contributed by atoms with Gasteiger partial charge in [-0.05, 0) is 42.5 Å². The molecule has 0 saturated carbocycles. The summed E-state index contributed by atoms with van der Waals surface area (Å²) in [5.74, 6) is 0.677. The third-order valence-corrected chi connectivity index (χ3v) is 5.39. The van der Waals surface area contributed by atoms with Crippen molar-refractivity contribution >= 4 is 22.4 Å². The number of rotatable bonds is 5. The van der Waals surface area contributed by atoms with E-state index in [1.807, 2.05) is 101 Å². The second-order valence-corrected chi connectivity index (χ2v) is 7.60. The van der Waals surface area contributed by atoms with Crippen LogP contribution in [-0.4, -0.2) is 25.5 Å². The van der Waals surface area contributed by atoms with Crippen molar-refractivity contribution < 1.29 is 4.74 Å². The summed E-state index contributed by atoms with van der Waals surface area (Å²) in [5, 5.41) is 11.2. The molecule has 0 aliphatic carbocycles. The molecular formula is C26H20N6O. The van der Waals surface area contributed by atoms with Crippen molar-refractivity contribution in [3.63, 3.8) is 0 Å². The molecule has 2 aromatic heterocycles. The standard InChI is InChI=1S/C26H20N6O/c1-2-8-19(9-3-1)32-25(15-16-27-32)24-14-7-17-31(30-24)20-10-6-11-21(18-20)33-26-28-22-12-4-5-13-23(22)29-26/h1-13,15-18H,14H2,(H,28,29). The van der Waals surface area contributed by atoms with Gasteiger partial charge in [-0.25, -0.2) is 9.69 Å². The van der Waals surface area contributed by atoms with Gasteiger partial charge in [0.2, 0.25) is 0 Å². The third-order valence-electron chi connectivity index (χ3n) is 5.39. The lowest BCUT2D eigenvalue weighted by Gasteiger charge is -2.21. The molecule has 3 heterocycles. The maximum Gasteiger partial charge on any atom is 0.300 e. The van der Waals surface area contributed by atoms with E-state index in [4.69, 9.17) is 9.84 Å². The molecule has 3 aromatic carbocycles. The van der Waals surface area contributed by atoms with Gasteiger partial charge in [-0.15, -0.1) is 0 Å². The number of ether oxygens (including phenoxy) is 1. The van der Waals surface area contributed by atoms with E-state index in [9.17, 15) is 0 Å². The molecule has 0 radical (unpaired) electrons. The topological polar surface area (TPSA) is 71.3 Å². The van der Waals surface area contributed by atoms with Crippen LogP contribution in [0.1, 0.15) is 12.1 Å². The third kappa shape index (κ3) is 3.76. The zero-order valence-electron chi connectivity index (χ0n) is 17.7. The van der Waals surface area contributed by atoms with E-state index in [1.165, 1.54) is 0 Å². The predicted molar refractivity (Wildman–Crippen MR) is 129 cm³/mol. The molecule has 33 heavy (non-hydrogen) atoms. The van der Waals surface area contributed by atoms with Gasteiger partial charge >= 0.3 is 0 Å². The zero-order chi connectivity index (χ0) is 22.0. The van der Waals surface area contributed by atoms with Crippen LogP contribution in [0.4, 0.5) is 5.69 Å². The Labute approximate surface area is 190 Å². The molecule has 0 atom stereocenters. The number of aromatic amines is 1. The number of allylic oxidation sites excluding steroid dienone is 1. The summed E-state index contributed by atoms with van der Waals surface area (Å²) in [4.78, 5) is 7.68. The van der Waals surface area contributed by atoms with Gasteiger partial charge in [-0.3, -0.25) is 0 Å². The van der Waals surface area contributed by atoms with Crippen molar-refractivity contribution in [1.29, 1.82) is 0 Å². The largest absolute Gasteiger partial charge is 0.426 e. The number of anilines is 1. The van der Waals surface area contributed by atoms with Crippen molar-refractivity contribution in [3.05, 3.63) is 109 Å². The molecule has 160 valence electrons. The van der Waals surface area contributed by atoms with Gasteiger partial charge in [0.05, 0.1) is 40.0 Å². The summed E-state index contributed by atoms with van der Waals surface area (Å²) in [6.45, 7) is 0. The number of para-hydroxylation sites is 3. The van der Waals surface area contributed by atoms with Gasteiger partial charge in [-0.2, -0.15) is 15.2 Å². The number of hydrazone groups is 1. The predicted octanol–water partition coefficient (Wildman–Crippen LogP) is 5.67. The molecule has 0 fully saturated rings. The molecule has 6 rings (SSSR count). The Morgan fingerprint density at radius 1 is 0.848 bits per heavy atom. The summed E-state index contributed by atoms with van der Waals surface area (Å²) >= 11 is 0. The second kappa shape index (κ2) is 8.12. The summed E-state index contributed by atoms with van der Waals surface area (Å²) in [5.41, 5.74) is 5.59. The molecule has 0 spiro atoms. The van der Waals surface area contributed by atoms with Gasteiger partial charge in [0.25, 0.3) is 6.01 Å². The molecular weight excluding hydrogens is 412 g/mol. The summed E-state index contributed by atoms with van der Waals surface area (Å²) < 4.78 is 7.90. The zero-order valence-corrected chi connectivity index (χ0v) is 17.7. The smallest absolute Gasteiger partial charge is 0.300 e.